The smallest absolute Gasteiger partial charge is 0.229 e. The largest absolute Gasteiger partial charge is 0.241 e. The maximum Gasteiger partial charge on any atom is 0.241 e. The van der Waals surface area contributed by atoms with Gasteiger partial charge in [-0.25, -0.2) is 26.7 Å². The first kappa shape index (κ1) is 15.6. The summed E-state index contributed by atoms with van der Waals surface area (Å²) >= 11 is 3.14. The number of nitrogens with one attached hydrogen (secondary N) is 1. The van der Waals surface area contributed by atoms with Crippen molar-refractivity contribution in [2.45, 2.75) is 11.3 Å². The molecule has 1 aromatic rings. The van der Waals surface area contributed by atoms with Crippen LogP contribution in [0.1, 0.15) is 6.42 Å². The van der Waals surface area contributed by atoms with Crippen molar-refractivity contribution >= 4 is 36.0 Å². The summed E-state index contributed by atoms with van der Waals surface area (Å²) in [7, 11) is -7.20. The molecular weight excluding hydrogens is 344 g/mol. The standard InChI is InChI=1S/C9H13BrN2O4S2/c10-8-4-1-2-5-9(8)18(15,16)12-6-3-7-17(11,13)14/h1-2,4-5,12H,3,6-7H2,(H2,11,13,14). The highest BCUT2D eigenvalue weighted by atomic mass is 79.9. The van der Waals surface area contributed by atoms with Gasteiger partial charge in [0.2, 0.25) is 20.0 Å². The second kappa shape index (κ2) is 6.11. The maximum absolute atomic E-state index is 11.9. The Morgan fingerprint density at radius 2 is 1.78 bits per heavy atom. The average molecular weight is 357 g/mol. The zero-order valence-electron chi connectivity index (χ0n) is 9.34. The lowest BCUT2D eigenvalue weighted by molar-refractivity contribution is 0.576. The van der Waals surface area contributed by atoms with E-state index in [-0.39, 0.29) is 23.6 Å². The number of hydrogen-bond donors (Lipinski definition) is 2. The molecular formula is C9H13BrN2O4S2. The molecule has 0 amide bonds. The van der Waals surface area contributed by atoms with E-state index in [9.17, 15) is 16.8 Å². The highest BCUT2D eigenvalue weighted by molar-refractivity contribution is 9.10. The van der Waals surface area contributed by atoms with Crippen LogP contribution in [0.25, 0.3) is 0 Å². The molecule has 6 nitrogen and oxygen atoms in total. The highest BCUT2D eigenvalue weighted by Gasteiger charge is 2.16. The molecule has 18 heavy (non-hydrogen) atoms. The van der Waals surface area contributed by atoms with Gasteiger partial charge in [-0.2, -0.15) is 0 Å². The van der Waals surface area contributed by atoms with Crippen LogP contribution in [-0.4, -0.2) is 29.1 Å². The van der Waals surface area contributed by atoms with Crippen molar-refractivity contribution in [3.63, 3.8) is 0 Å². The van der Waals surface area contributed by atoms with Gasteiger partial charge < -0.3 is 0 Å². The van der Waals surface area contributed by atoms with Crippen molar-refractivity contribution in [2.24, 2.45) is 5.14 Å². The predicted octanol–water partition coefficient (Wildman–Crippen LogP) is 0.406. The molecule has 0 bridgehead atoms. The summed E-state index contributed by atoms with van der Waals surface area (Å²) in [4.78, 5) is 0.112. The summed E-state index contributed by atoms with van der Waals surface area (Å²) in [5, 5.41) is 4.81. The molecule has 0 saturated carbocycles. The molecule has 0 spiro atoms. The third-order valence-corrected chi connectivity index (χ3v) is 5.35. The molecule has 0 heterocycles. The van der Waals surface area contributed by atoms with Gasteiger partial charge in [0.25, 0.3) is 0 Å². The summed E-state index contributed by atoms with van der Waals surface area (Å²) in [5.74, 6) is -0.258. The fourth-order valence-corrected chi connectivity index (χ4v) is 3.84. The van der Waals surface area contributed by atoms with E-state index in [2.05, 4.69) is 20.7 Å². The van der Waals surface area contributed by atoms with E-state index in [0.29, 0.717) is 4.47 Å². The van der Waals surface area contributed by atoms with E-state index < -0.39 is 20.0 Å². The Hall–Kier alpha value is -0.480. The van der Waals surface area contributed by atoms with Crippen molar-refractivity contribution in [3.05, 3.63) is 28.7 Å². The molecule has 1 rings (SSSR count). The first-order chi connectivity index (χ1) is 8.22. The summed E-state index contributed by atoms with van der Waals surface area (Å²) in [6.07, 6.45) is 0.127. The van der Waals surface area contributed by atoms with E-state index in [1.165, 1.54) is 6.07 Å². The number of rotatable bonds is 6. The van der Waals surface area contributed by atoms with Crippen molar-refractivity contribution in [1.82, 2.24) is 4.72 Å². The molecule has 0 unspecified atom stereocenters. The Kier molecular flexibility index (Phi) is 5.29. The van der Waals surface area contributed by atoms with Crippen molar-refractivity contribution in [3.8, 4) is 0 Å². The summed E-state index contributed by atoms with van der Waals surface area (Å²) < 4.78 is 47.8. The Morgan fingerprint density at radius 3 is 2.33 bits per heavy atom. The number of halogens is 1. The molecule has 0 aliphatic rings. The zero-order valence-corrected chi connectivity index (χ0v) is 12.6. The second-order valence-electron chi connectivity index (χ2n) is 3.55. The minimum atomic E-state index is -3.64. The fraction of sp³-hybridized carbons (Fsp3) is 0.333. The quantitative estimate of drug-likeness (QED) is 0.719. The van der Waals surface area contributed by atoms with Gasteiger partial charge in [-0.05, 0) is 34.5 Å². The summed E-state index contributed by atoms with van der Waals surface area (Å²) in [5.41, 5.74) is 0. The first-order valence-corrected chi connectivity index (χ1v) is 8.96. The Balaban J connectivity index is 2.65. The van der Waals surface area contributed by atoms with Crippen LogP contribution in [-0.2, 0) is 20.0 Å². The van der Waals surface area contributed by atoms with Gasteiger partial charge in [0.15, 0.2) is 0 Å². The maximum atomic E-state index is 11.9. The fourth-order valence-electron chi connectivity index (χ4n) is 1.22. The predicted molar refractivity (Wildman–Crippen MR) is 71.9 cm³/mol. The van der Waals surface area contributed by atoms with Crippen molar-refractivity contribution in [1.29, 1.82) is 0 Å². The van der Waals surface area contributed by atoms with Gasteiger partial charge in [0.05, 0.1) is 10.6 Å². The number of benzene rings is 1. The summed E-state index contributed by atoms with van der Waals surface area (Å²) in [6.45, 7) is 0.0140. The van der Waals surface area contributed by atoms with Gasteiger partial charge >= 0.3 is 0 Å². The lowest BCUT2D eigenvalue weighted by Crippen LogP contribution is -2.27. The van der Waals surface area contributed by atoms with Crippen LogP contribution < -0.4 is 9.86 Å². The molecule has 1 aromatic carbocycles. The topological polar surface area (TPSA) is 106 Å². The third kappa shape index (κ3) is 5.02. The minimum absolute atomic E-state index is 0.0140. The number of sulfonamides is 2. The zero-order chi connectivity index (χ0) is 13.8. The number of nitrogens with two attached hydrogens (primary N) is 1. The molecule has 0 fully saturated rings. The van der Waals surface area contributed by atoms with E-state index in [1.54, 1.807) is 18.2 Å². The van der Waals surface area contributed by atoms with Gasteiger partial charge in [-0.15, -0.1) is 0 Å². The van der Waals surface area contributed by atoms with Gasteiger partial charge in [-0.1, -0.05) is 12.1 Å². The van der Waals surface area contributed by atoms with Crippen molar-refractivity contribution < 1.29 is 16.8 Å². The third-order valence-electron chi connectivity index (χ3n) is 2.02. The van der Waals surface area contributed by atoms with Crippen LogP contribution in [0.4, 0.5) is 0 Å². The van der Waals surface area contributed by atoms with Gasteiger partial charge in [0, 0.05) is 11.0 Å². The molecule has 0 atom stereocenters. The molecule has 0 radical (unpaired) electrons. The highest BCUT2D eigenvalue weighted by Crippen LogP contribution is 2.20. The first-order valence-electron chi connectivity index (χ1n) is 4.97. The Morgan fingerprint density at radius 1 is 1.17 bits per heavy atom. The SMILES string of the molecule is NS(=O)(=O)CCCNS(=O)(=O)c1ccccc1Br. The monoisotopic (exact) mass is 356 g/mol. The number of primary sulfonamides is 1. The lowest BCUT2D eigenvalue weighted by Gasteiger charge is -2.07. The Bertz CT molecular complexity index is 613. The molecule has 0 aliphatic carbocycles. The molecule has 0 aliphatic heterocycles. The van der Waals surface area contributed by atoms with Crippen LogP contribution in [0.2, 0.25) is 0 Å². The van der Waals surface area contributed by atoms with E-state index in [1.807, 2.05) is 0 Å². The van der Waals surface area contributed by atoms with E-state index >= 15 is 0 Å². The molecule has 102 valence electrons. The second-order valence-corrected chi connectivity index (χ2v) is 7.87. The van der Waals surface area contributed by atoms with Crippen LogP contribution >= 0.6 is 15.9 Å². The normalized spacial score (nSPS) is 12.6. The van der Waals surface area contributed by atoms with Gasteiger partial charge in [-0.3, -0.25) is 0 Å². The minimum Gasteiger partial charge on any atom is -0.229 e. The van der Waals surface area contributed by atoms with Crippen LogP contribution in [0.3, 0.4) is 0 Å². The van der Waals surface area contributed by atoms with Crippen LogP contribution in [0, 0.1) is 0 Å². The van der Waals surface area contributed by atoms with Crippen LogP contribution in [0.5, 0.6) is 0 Å². The van der Waals surface area contributed by atoms with E-state index in [0.717, 1.165) is 0 Å². The van der Waals surface area contributed by atoms with Crippen molar-refractivity contribution in [2.75, 3.05) is 12.3 Å². The van der Waals surface area contributed by atoms with E-state index in [4.69, 9.17) is 5.14 Å². The van der Waals surface area contributed by atoms with Crippen LogP contribution in [0.15, 0.2) is 33.6 Å². The Labute approximate surface area is 115 Å². The molecule has 0 aromatic heterocycles. The molecule has 0 saturated heterocycles. The number of hydrogen-bond acceptors (Lipinski definition) is 4. The summed E-state index contributed by atoms with van der Waals surface area (Å²) in [6, 6.07) is 6.36. The molecule has 3 N–H and O–H groups in total. The molecule has 9 heteroatoms. The van der Waals surface area contributed by atoms with Gasteiger partial charge in [0.1, 0.15) is 0 Å². The average Bonchev–Trinajstić information content (AvgIpc) is 2.24. The lowest BCUT2D eigenvalue weighted by atomic mass is 10.4.